The molecule has 0 amide bonds. The fraction of sp³-hybridized carbons (Fsp3) is 0.875. The monoisotopic (exact) mass is 837 g/mol. The smallest absolute Gasteiger partial charge is 0.264 e. The largest absolute Gasteiger partial charge is 0.459 e. The minimum absolute atomic E-state index is 0.861. The fourth-order valence-corrected chi connectivity index (χ4v) is 2.32. The van der Waals surface area contributed by atoms with Gasteiger partial charge < -0.3 is 0 Å². The summed E-state index contributed by atoms with van der Waals surface area (Å²) in [6.07, 6.45) is -77.3. The number of nitriles is 1. The Hall–Kier alpha value is -3.03. The Bertz CT molecular complexity index is 1320. The number of hydrogen-bond acceptors (Lipinski definition) is 6. The Morgan fingerprint density at radius 1 is 0.373 bits per heavy atom. The van der Waals surface area contributed by atoms with Gasteiger partial charge in [-0.1, -0.05) is 0 Å². The summed E-state index contributed by atoms with van der Waals surface area (Å²) in [4.78, 5) is 10.1. The maximum atomic E-state index is 14.4. The van der Waals surface area contributed by atoms with Crippen LogP contribution in [0.2, 0.25) is 0 Å². The average Bonchev–Trinajstić information content (AvgIpc) is 2.82. The van der Waals surface area contributed by atoms with Gasteiger partial charge in [0.1, 0.15) is 6.07 Å². The van der Waals surface area contributed by atoms with Gasteiger partial charge in [-0.15, -0.1) is 0 Å². The second-order valence-electron chi connectivity index (χ2n) is 8.39. The minimum atomic E-state index is -9.26. The van der Waals surface area contributed by atoms with Crippen LogP contribution in [0.25, 0.3) is 0 Å². The first-order chi connectivity index (χ1) is 21.6. The van der Waals surface area contributed by atoms with Crippen LogP contribution in [0.4, 0.5) is 127 Å². The number of carbonyl (C=O) groups is 1. The summed E-state index contributed by atoms with van der Waals surface area (Å²) in [7, 11) is 0. The summed E-state index contributed by atoms with van der Waals surface area (Å²) in [6.45, 7) is 0. The summed E-state index contributed by atoms with van der Waals surface area (Å²) in [5.74, 6) is -35.0. The van der Waals surface area contributed by atoms with Crippen LogP contribution in [0.1, 0.15) is 0 Å². The highest BCUT2D eigenvalue weighted by Gasteiger charge is 2.90. The van der Waals surface area contributed by atoms with Gasteiger partial charge in [0, 0.05) is 0 Å². The SMILES string of the molecule is N#CC(F)(C(F)(F)F)C(F)(F)OC(F)(C(F)(F)F)C(F)(F)OC(F)(C(F)(F)F)C(F)(F)OC(F)(C(F)(F)F)C(F)(F)OC(F)(C(=O)F)C(F)(F)F. The van der Waals surface area contributed by atoms with Crippen LogP contribution < -0.4 is 0 Å². The molecule has 0 aliphatic heterocycles. The van der Waals surface area contributed by atoms with E-state index in [0.717, 1.165) is 18.9 Å². The zero-order chi connectivity index (χ0) is 42.1. The van der Waals surface area contributed by atoms with Crippen molar-refractivity contribution in [3.8, 4) is 6.07 Å². The number of alkyl halides is 28. The molecule has 5 atom stereocenters. The lowest BCUT2D eigenvalue weighted by molar-refractivity contribution is -0.589. The predicted molar refractivity (Wildman–Crippen MR) is 85.3 cm³/mol. The Balaban J connectivity index is 7.76. The van der Waals surface area contributed by atoms with Crippen molar-refractivity contribution < 1.29 is 151 Å². The molecule has 0 aliphatic carbocycles. The van der Waals surface area contributed by atoms with E-state index in [1.807, 2.05) is 0 Å². The van der Waals surface area contributed by atoms with Gasteiger partial charge in [-0.3, -0.25) is 23.7 Å². The molecule has 0 spiro atoms. The highest BCUT2D eigenvalue weighted by Crippen LogP contribution is 2.61. The van der Waals surface area contributed by atoms with E-state index in [4.69, 9.17) is 5.26 Å². The van der Waals surface area contributed by atoms with Crippen molar-refractivity contribution in [2.75, 3.05) is 0 Å². The third kappa shape index (κ3) is 7.71. The Morgan fingerprint density at radius 3 is 0.784 bits per heavy atom. The molecule has 0 saturated carbocycles. The highest BCUT2D eigenvalue weighted by atomic mass is 19.4. The lowest BCUT2D eigenvalue weighted by atomic mass is 10.1. The maximum absolute atomic E-state index is 14.4. The number of hydrogen-bond donors (Lipinski definition) is 0. The van der Waals surface area contributed by atoms with E-state index >= 15 is 0 Å². The molecule has 0 aromatic rings. The van der Waals surface area contributed by atoms with Gasteiger partial charge in [-0.2, -0.15) is 128 Å². The zero-order valence-electron chi connectivity index (χ0n) is 21.4. The van der Waals surface area contributed by atoms with Crippen LogP contribution in [0.5, 0.6) is 0 Å². The summed E-state index contributed by atoms with van der Waals surface area (Å²) in [5.41, 5.74) is -7.59. The van der Waals surface area contributed by atoms with Gasteiger partial charge in [0.2, 0.25) is 0 Å². The summed E-state index contributed by atoms with van der Waals surface area (Å²) in [5, 5.41) is 7.87. The molecule has 35 heteroatoms. The van der Waals surface area contributed by atoms with E-state index in [1.54, 1.807) is 0 Å². The molecule has 5 unspecified atom stereocenters. The van der Waals surface area contributed by atoms with E-state index in [0.29, 0.717) is 0 Å². The molecule has 302 valence electrons. The van der Waals surface area contributed by atoms with E-state index in [9.17, 15) is 132 Å². The molecule has 0 aromatic heterocycles. The number of nitrogens with zero attached hydrogens (tertiary/aromatic N) is 1. The van der Waals surface area contributed by atoms with Crippen LogP contribution in [0, 0.1) is 11.3 Å². The molecular formula is C16F29NO5. The van der Waals surface area contributed by atoms with Crippen molar-refractivity contribution in [3.05, 3.63) is 0 Å². The van der Waals surface area contributed by atoms with E-state index in [2.05, 4.69) is 0 Å². The minimum Gasteiger partial charge on any atom is -0.264 e. The molecule has 0 heterocycles. The van der Waals surface area contributed by atoms with Gasteiger partial charge in [-0.25, -0.2) is 4.39 Å². The molecule has 0 N–H and O–H groups in total. The van der Waals surface area contributed by atoms with Crippen molar-refractivity contribution >= 4 is 6.04 Å². The molecule has 0 fully saturated rings. The first-order valence-electron chi connectivity index (χ1n) is 10.3. The third-order valence-electron chi connectivity index (χ3n) is 4.86. The molecule has 51 heavy (non-hydrogen) atoms. The molecular weight excluding hydrogens is 837 g/mol. The number of halogens is 29. The average molecular weight is 837 g/mol. The van der Waals surface area contributed by atoms with Gasteiger partial charge >= 0.3 is 90.4 Å². The Labute approximate surface area is 254 Å². The number of ether oxygens (including phenoxy) is 4. The normalized spacial score (nSPS) is 21.0. The lowest BCUT2D eigenvalue weighted by Gasteiger charge is -2.44. The third-order valence-corrected chi connectivity index (χ3v) is 4.86. The van der Waals surface area contributed by atoms with Crippen LogP contribution in [-0.4, -0.2) is 90.4 Å². The van der Waals surface area contributed by atoms with Crippen molar-refractivity contribution in [1.29, 1.82) is 5.26 Å². The maximum Gasteiger partial charge on any atom is 0.459 e. The second kappa shape index (κ2) is 12.5. The molecule has 0 bridgehead atoms. The zero-order valence-corrected chi connectivity index (χ0v) is 21.4. The lowest BCUT2D eigenvalue weighted by Crippen LogP contribution is -2.72. The van der Waals surface area contributed by atoms with Crippen LogP contribution in [0.15, 0.2) is 0 Å². The molecule has 0 aliphatic rings. The molecule has 0 rings (SSSR count). The van der Waals surface area contributed by atoms with Crippen LogP contribution >= 0.6 is 0 Å². The number of rotatable bonds is 13. The van der Waals surface area contributed by atoms with E-state index in [1.165, 1.54) is 0 Å². The summed E-state index contributed by atoms with van der Waals surface area (Å²) < 4.78 is 389. The Kier molecular flexibility index (Phi) is 11.8. The second-order valence-corrected chi connectivity index (χ2v) is 8.39. The van der Waals surface area contributed by atoms with Crippen molar-refractivity contribution in [2.45, 2.75) is 84.4 Å². The van der Waals surface area contributed by atoms with Crippen molar-refractivity contribution in [1.82, 2.24) is 0 Å². The molecule has 6 nitrogen and oxygen atoms in total. The van der Waals surface area contributed by atoms with E-state index < -0.39 is 96.5 Å². The number of carbonyl (C=O) groups excluding carboxylic acids is 1. The van der Waals surface area contributed by atoms with Gasteiger partial charge in [0.05, 0.1) is 0 Å². The van der Waals surface area contributed by atoms with E-state index in [-0.39, 0.29) is 0 Å². The van der Waals surface area contributed by atoms with Crippen LogP contribution in [-0.2, 0) is 23.7 Å². The Morgan fingerprint density at radius 2 is 0.608 bits per heavy atom. The highest BCUT2D eigenvalue weighted by molar-refractivity contribution is 5.77. The first-order valence-corrected chi connectivity index (χ1v) is 10.3. The quantitative estimate of drug-likeness (QED) is 0.137. The summed E-state index contributed by atoms with van der Waals surface area (Å²) in [6, 6.07) is -6.56. The molecule has 0 radical (unpaired) electrons. The topological polar surface area (TPSA) is 77.8 Å². The van der Waals surface area contributed by atoms with Gasteiger partial charge in [0.25, 0.3) is 0 Å². The fourth-order valence-electron chi connectivity index (χ4n) is 2.32. The van der Waals surface area contributed by atoms with Crippen molar-refractivity contribution in [3.63, 3.8) is 0 Å². The standard InChI is InChI=1S/C16F29NO5/c17-2(47)4(19,9(26,27)28)48-14(40,41)5(20,10(29,30)31)50-16(44,45)7(22,12(35,36)37)51-15(42,43)6(21,11(32,33)34)49-13(38,39)3(18,1-46)8(23,24)25. The van der Waals surface area contributed by atoms with Crippen LogP contribution in [0.3, 0.4) is 0 Å². The predicted octanol–water partition coefficient (Wildman–Crippen LogP) is 8.63. The molecule has 0 aromatic carbocycles. The molecule has 0 saturated heterocycles. The van der Waals surface area contributed by atoms with Gasteiger partial charge in [-0.05, 0) is 0 Å². The van der Waals surface area contributed by atoms with Crippen molar-refractivity contribution in [2.24, 2.45) is 0 Å². The van der Waals surface area contributed by atoms with Gasteiger partial charge in [0.15, 0.2) is 0 Å². The summed E-state index contributed by atoms with van der Waals surface area (Å²) >= 11 is 0. The first kappa shape index (κ1) is 48.0.